The van der Waals surface area contributed by atoms with Crippen LogP contribution in [0.1, 0.15) is 68.6 Å². The summed E-state index contributed by atoms with van der Waals surface area (Å²) >= 11 is 3.64. The van der Waals surface area contributed by atoms with E-state index in [4.69, 9.17) is 14.2 Å². The molecule has 0 radical (unpaired) electrons. The summed E-state index contributed by atoms with van der Waals surface area (Å²) in [7, 11) is 0. The number of ether oxygens (including phenoxy) is 3. The first kappa shape index (κ1) is 24.7. The van der Waals surface area contributed by atoms with Crippen LogP contribution in [0.5, 0.6) is 0 Å². The van der Waals surface area contributed by atoms with Crippen LogP contribution >= 0.6 is 15.9 Å². The van der Waals surface area contributed by atoms with Crippen LogP contribution in [0.3, 0.4) is 0 Å². The Morgan fingerprint density at radius 3 is 2.54 bits per heavy atom. The van der Waals surface area contributed by atoms with Gasteiger partial charge in [-0.2, -0.15) is 0 Å². The molecule has 1 aliphatic heterocycles. The van der Waals surface area contributed by atoms with Crippen molar-refractivity contribution in [2.45, 2.75) is 70.2 Å². The molecule has 6 heteroatoms. The molecule has 0 N–H and O–H groups in total. The fourth-order valence-corrected chi connectivity index (χ4v) is 7.14. The van der Waals surface area contributed by atoms with Gasteiger partial charge in [-0.1, -0.05) is 37.6 Å². The predicted molar refractivity (Wildman–Crippen MR) is 136 cm³/mol. The van der Waals surface area contributed by atoms with E-state index in [1.165, 1.54) is 0 Å². The molecule has 1 aromatic carbocycles. The molecule has 5 rings (SSSR count). The number of fused-ring (bicyclic) bond motifs is 1. The third kappa shape index (κ3) is 4.88. The summed E-state index contributed by atoms with van der Waals surface area (Å²) in [4.78, 5) is 26.5. The first-order valence-electron chi connectivity index (χ1n) is 12.9. The molecule has 0 amide bonds. The molecule has 3 aliphatic carbocycles. The number of halogens is 1. The van der Waals surface area contributed by atoms with E-state index in [2.05, 4.69) is 27.8 Å². The summed E-state index contributed by atoms with van der Waals surface area (Å²) in [6, 6.07) is 9.10. The summed E-state index contributed by atoms with van der Waals surface area (Å²) in [6.07, 6.45) is 8.28. The van der Waals surface area contributed by atoms with Crippen LogP contribution in [-0.4, -0.2) is 36.9 Å². The minimum atomic E-state index is -0.517. The molecular formula is C29H33BrO5. The van der Waals surface area contributed by atoms with Gasteiger partial charge < -0.3 is 14.2 Å². The first-order chi connectivity index (χ1) is 17.0. The second-order valence-corrected chi connectivity index (χ2v) is 11.3. The third-order valence-corrected chi connectivity index (χ3v) is 8.97. The summed E-state index contributed by atoms with van der Waals surface area (Å²) in [6.45, 7) is 3.27. The van der Waals surface area contributed by atoms with Crippen molar-refractivity contribution >= 4 is 27.7 Å². The monoisotopic (exact) mass is 540 g/mol. The lowest BCUT2D eigenvalue weighted by Crippen LogP contribution is -2.38. The highest BCUT2D eigenvalue weighted by molar-refractivity contribution is 9.12. The van der Waals surface area contributed by atoms with E-state index >= 15 is 0 Å². The fourth-order valence-electron chi connectivity index (χ4n) is 6.41. The molecule has 0 aromatic heterocycles. The van der Waals surface area contributed by atoms with Crippen molar-refractivity contribution in [1.82, 2.24) is 0 Å². The molecule has 4 atom stereocenters. The maximum Gasteiger partial charge on any atom is 0.338 e. The average Bonchev–Trinajstić information content (AvgIpc) is 3.52. The lowest BCUT2D eigenvalue weighted by atomic mass is 9.64. The Morgan fingerprint density at radius 1 is 1.14 bits per heavy atom. The van der Waals surface area contributed by atoms with Gasteiger partial charge in [0, 0.05) is 37.0 Å². The number of allylic oxidation sites excluding steroid dienone is 1. The molecule has 186 valence electrons. The van der Waals surface area contributed by atoms with Crippen molar-refractivity contribution in [1.29, 1.82) is 0 Å². The lowest BCUT2D eigenvalue weighted by molar-refractivity contribution is -0.157. The van der Waals surface area contributed by atoms with E-state index in [0.717, 1.165) is 44.9 Å². The van der Waals surface area contributed by atoms with Crippen LogP contribution in [0.2, 0.25) is 0 Å². The normalized spacial score (nSPS) is 30.3. The quantitative estimate of drug-likeness (QED) is 0.258. The van der Waals surface area contributed by atoms with Crippen LogP contribution in [0.15, 0.2) is 40.9 Å². The standard InChI is InChI=1S/C29H33BrO5/c1-2-3-7-11-28(12-8-13-28)26(31)24(30)17-22-23-19-29(33-14-15-34-29)18-21(23)16-25(22)35-27(32)20-9-5-4-6-10-20/h4-6,9-10,17,21-23,25H,2,8,11-16,18-19H2,1H3/b24-17-/t21-,22-,23+,25-/m1/s1. The molecule has 4 aliphatic rings. The molecule has 1 heterocycles. The highest BCUT2D eigenvalue weighted by atomic mass is 79.9. The minimum Gasteiger partial charge on any atom is -0.458 e. The second kappa shape index (κ2) is 10.2. The molecule has 1 spiro atoms. The Bertz CT molecular complexity index is 1040. The van der Waals surface area contributed by atoms with E-state index in [-0.39, 0.29) is 35.1 Å². The highest BCUT2D eigenvalue weighted by Crippen LogP contribution is 2.56. The number of esters is 1. The molecular weight excluding hydrogens is 508 g/mol. The summed E-state index contributed by atoms with van der Waals surface area (Å²) in [5.41, 5.74) is 0.157. The topological polar surface area (TPSA) is 61.8 Å². The predicted octanol–water partition coefficient (Wildman–Crippen LogP) is 5.82. The Hall–Kier alpha value is -1.94. The van der Waals surface area contributed by atoms with Crippen LogP contribution in [0.4, 0.5) is 0 Å². The Morgan fingerprint density at radius 2 is 1.89 bits per heavy atom. The summed E-state index contributed by atoms with van der Waals surface area (Å²) < 4.78 is 18.7. The van der Waals surface area contributed by atoms with Crippen molar-refractivity contribution < 1.29 is 23.8 Å². The molecule has 1 aromatic rings. The number of hydrogen-bond acceptors (Lipinski definition) is 5. The fraction of sp³-hybridized carbons (Fsp3) is 0.586. The molecule has 5 nitrogen and oxygen atoms in total. The number of hydrogen-bond donors (Lipinski definition) is 0. The zero-order valence-corrected chi connectivity index (χ0v) is 21.8. The van der Waals surface area contributed by atoms with E-state index in [9.17, 15) is 9.59 Å². The molecule has 3 saturated carbocycles. The SMILES string of the molecule is CCC#CCC1(C(=O)/C(Br)=C/[C@@H]2[C@H]3CC4(C[C@H]3C[C@H]2OC(=O)c2ccccc2)OCCO4)CCC1. The van der Waals surface area contributed by atoms with E-state index in [1.54, 1.807) is 12.1 Å². The zero-order chi connectivity index (χ0) is 24.5. The van der Waals surface area contributed by atoms with E-state index in [0.29, 0.717) is 35.6 Å². The van der Waals surface area contributed by atoms with Crippen LogP contribution in [0, 0.1) is 35.0 Å². The van der Waals surface area contributed by atoms with Crippen LogP contribution in [0.25, 0.3) is 0 Å². The maximum atomic E-state index is 13.6. The van der Waals surface area contributed by atoms with Gasteiger partial charge in [0.1, 0.15) is 6.10 Å². The van der Waals surface area contributed by atoms with Gasteiger partial charge in [-0.15, -0.1) is 11.8 Å². The highest BCUT2D eigenvalue weighted by Gasteiger charge is 2.57. The number of carbonyl (C=O) groups excluding carboxylic acids is 2. The average molecular weight is 541 g/mol. The van der Waals surface area contributed by atoms with Crippen molar-refractivity contribution in [3.8, 4) is 11.8 Å². The number of ketones is 1. The lowest BCUT2D eigenvalue weighted by Gasteiger charge is -2.39. The van der Waals surface area contributed by atoms with Crippen molar-refractivity contribution in [3.63, 3.8) is 0 Å². The maximum absolute atomic E-state index is 13.6. The van der Waals surface area contributed by atoms with Gasteiger partial charge >= 0.3 is 5.97 Å². The smallest absolute Gasteiger partial charge is 0.338 e. The number of benzene rings is 1. The van der Waals surface area contributed by atoms with Gasteiger partial charge in [-0.05, 0) is 59.2 Å². The van der Waals surface area contributed by atoms with Gasteiger partial charge in [0.2, 0.25) is 0 Å². The molecule has 1 saturated heterocycles. The Kier molecular flexibility index (Phi) is 7.21. The summed E-state index contributed by atoms with van der Waals surface area (Å²) in [5, 5.41) is 0. The van der Waals surface area contributed by atoms with E-state index in [1.807, 2.05) is 31.2 Å². The second-order valence-electron chi connectivity index (χ2n) is 10.4. The number of Topliss-reactive ketones (excluding diaryl/α,β-unsaturated/α-hetero) is 1. The van der Waals surface area contributed by atoms with Crippen molar-refractivity contribution in [2.24, 2.45) is 23.2 Å². The Balaban J connectivity index is 1.38. The third-order valence-electron chi connectivity index (χ3n) is 8.34. The molecule has 0 bridgehead atoms. The van der Waals surface area contributed by atoms with Gasteiger partial charge in [0.25, 0.3) is 0 Å². The van der Waals surface area contributed by atoms with Crippen LogP contribution < -0.4 is 0 Å². The largest absolute Gasteiger partial charge is 0.458 e. The molecule has 35 heavy (non-hydrogen) atoms. The number of carbonyl (C=O) groups is 2. The molecule has 0 unspecified atom stereocenters. The van der Waals surface area contributed by atoms with Gasteiger partial charge in [0.15, 0.2) is 11.6 Å². The first-order valence-corrected chi connectivity index (χ1v) is 13.7. The van der Waals surface area contributed by atoms with Gasteiger partial charge in [-0.3, -0.25) is 4.79 Å². The number of rotatable bonds is 6. The van der Waals surface area contributed by atoms with Gasteiger partial charge in [-0.25, -0.2) is 4.79 Å². The molecule has 4 fully saturated rings. The van der Waals surface area contributed by atoms with Gasteiger partial charge in [0.05, 0.1) is 23.3 Å². The minimum absolute atomic E-state index is 0.0722. The van der Waals surface area contributed by atoms with Crippen LogP contribution in [-0.2, 0) is 19.0 Å². The Labute approximate surface area is 216 Å². The zero-order valence-electron chi connectivity index (χ0n) is 20.3. The van der Waals surface area contributed by atoms with Crippen molar-refractivity contribution in [3.05, 3.63) is 46.5 Å². The summed E-state index contributed by atoms with van der Waals surface area (Å²) in [5.74, 6) is 6.12. The van der Waals surface area contributed by atoms with E-state index < -0.39 is 5.79 Å². The van der Waals surface area contributed by atoms with Crippen molar-refractivity contribution in [2.75, 3.05) is 13.2 Å².